The molecule has 0 amide bonds. The summed E-state index contributed by atoms with van der Waals surface area (Å²) in [6.45, 7) is 0. The molecule has 2 aromatic carbocycles. The van der Waals surface area contributed by atoms with E-state index in [4.69, 9.17) is 20.5 Å². The van der Waals surface area contributed by atoms with Crippen LogP contribution in [-0.2, 0) is 26.1 Å². The summed E-state index contributed by atoms with van der Waals surface area (Å²) in [5.41, 5.74) is 8.29. The Bertz CT molecular complexity index is 1010. The van der Waals surface area contributed by atoms with E-state index in [1.165, 1.54) is 36.7 Å². The molecule has 3 aliphatic rings. The van der Waals surface area contributed by atoms with E-state index >= 15 is 0 Å². The first-order valence-corrected chi connectivity index (χ1v) is 15.3. The zero-order valence-electron chi connectivity index (χ0n) is 13.5. The Morgan fingerprint density at radius 3 is 2.65 bits per heavy atom. The Labute approximate surface area is 186 Å². The van der Waals surface area contributed by atoms with Crippen LogP contribution in [0.25, 0.3) is 11.1 Å². The van der Waals surface area contributed by atoms with Gasteiger partial charge in [-0.05, 0) is 0 Å². The van der Waals surface area contributed by atoms with Gasteiger partial charge in [-0.3, -0.25) is 0 Å². The molecule has 0 bridgehead atoms. The van der Waals surface area contributed by atoms with E-state index in [0.717, 1.165) is 10.8 Å². The summed E-state index contributed by atoms with van der Waals surface area (Å²) in [5.74, 6) is 0. The van der Waals surface area contributed by atoms with E-state index in [1.54, 1.807) is 11.8 Å². The van der Waals surface area contributed by atoms with Crippen LogP contribution in [0.2, 0.25) is 0 Å². The van der Waals surface area contributed by atoms with Gasteiger partial charge >= 0.3 is 163 Å². The van der Waals surface area contributed by atoms with Gasteiger partial charge in [0.25, 0.3) is 0 Å². The van der Waals surface area contributed by atoms with Gasteiger partial charge in [0.1, 0.15) is 0 Å². The van der Waals surface area contributed by atoms with Gasteiger partial charge in [0.05, 0.1) is 0 Å². The maximum absolute atomic E-state index is 6.47. The van der Waals surface area contributed by atoms with Crippen LogP contribution in [0.5, 0.6) is 0 Å². The summed E-state index contributed by atoms with van der Waals surface area (Å²) in [7, 11) is 6.23. The third-order valence-corrected chi connectivity index (χ3v) is 16.4. The van der Waals surface area contributed by atoms with E-state index in [1.807, 2.05) is 0 Å². The number of thioether (sulfide) groups is 1. The van der Waals surface area contributed by atoms with E-state index < -0.39 is 19.7 Å². The number of hydrogen-bond acceptors (Lipinski definition) is 2. The van der Waals surface area contributed by atoms with Crippen molar-refractivity contribution in [1.82, 2.24) is 0 Å². The monoisotopic (exact) mass is 512 g/mol. The van der Waals surface area contributed by atoms with Crippen molar-refractivity contribution in [1.29, 1.82) is 0 Å². The zero-order valence-corrected chi connectivity index (χ0v) is 19.9. The first-order chi connectivity index (χ1) is 11.7. The number of allylic oxidation sites excluding steroid dienone is 4. The quantitative estimate of drug-likeness (QED) is 0.458. The van der Waals surface area contributed by atoms with E-state index in [9.17, 15) is 0 Å². The van der Waals surface area contributed by atoms with Gasteiger partial charge in [-0.1, -0.05) is 0 Å². The fraction of sp³-hybridized carbons (Fsp3) is 0.100. The fourth-order valence-corrected chi connectivity index (χ4v) is 14.8. The van der Waals surface area contributed by atoms with Crippen LogP contribution in [0.1, 0.15) is 11.1 Å². The van der Waals surface area contributed by atoms with Gasteiger partial charge in [-0.15, -0.1) is 0 Å². The molecule has 0 saturated heterocycles. The molecule has 0 saturated carbocycles. The Kier molecular flexibility index (Phi) is 6.49. The standard InChI is InChI=1S/C13H9.C7H4ClS.2ClH.S.Zr/c1-3-7-12-10(5-1)9-11-6-2-4-8-13(11)12;8-7-6-3-1-2-5(6)4-9-7;;;;/h1-7H,9H2;1-4H;2*1H;;/q;;;;;+2/p-2. The molecule has 6 heteroatoms. The minimum absolute atomic E-state index is 0. The normalized spacial score (nSPS) is 18.2. The number of benzene rings is 2. The molecule has 0 fully saturated rings. The SMILES string of the molecule is [Cl-].[Cl-].[S]=[Zr+2]([c]1cccc2c1-c1ccccc1C2)[CH]1SC(Cl)=C2C=CC=C21. The van der Waals surface area contributed by atoms with Crippen molar-refractivity contribution in [3.63, 3.8) is 0 Å². The first-order valence-electron chi connectivity index (χ1n) is 7.93. The minimum atomic E-state index is -2.29. The number of rotatable bonds is 2. The zero-order chi connectivity index (χ0) is 16.3. The predicted molar refractivity (Wildman–Crippen MR) is 103 cm³/mol. The number of halogens is 3. The fourth-order valence-electron chi connectivity index (χ4n) is 3.80. The van der Waals surface area contributed by atoms with Crippen LogP contribution in [0.3, 0.4) is 0 Å². The third kappa shape index (κ3) is 3.19. The second-order valence-electron chi connectivity index (χ2n) is 6.20. The second kappa shape index (κ2) is 8.15. The van der Waals surface area contributed by atoms with Gasteiger partial charge in [-0.25, -0.2) is 0 Å². The Morgan fingerprint density at radius 1 is 1.04 bits per heavy atom. The third-order valence-electron chi connectivity index (χ3n) is 4.89. The molecule has 2 aliphatic carbocycles. The molecule has 1 heterocycles. The van der Waals surface area contributed by atoms with Crippen molar-refractivity contribution >= 4 is 35.5 Å². The van der Waals surface area contributed by atoms with Gasteiger partial charge < -0.3 is 24.8 Å². The second-order valence-corrected chi connectivity index (χ2v) is 16.1. The Morgan fingerprint density at radius 2 is 1.81 bits per heavy atom. The molecule has 130 valence electrons. The first kappa shape index (κ1) is 20.7. The van der Waals surface area contributed by atoms with Crippen molar-refractivity contribution in [3.8, 4) is 11.1 Å². The topological polar surface area (TPSA) is 0 Å². The van der Waals surface area contributed by atoms with Gasteiger partial charge in [0.15, 0.2) is 0 Å². The van der Waals surface area contributed by atoms with Crippen LogP contribution in [0, 0.1) is 0 Å². The molecule has 0 spiro atoms. The van der Waals surface area contributed by atoms with Gasteiger partial charge in [-0.2, -0.15) is 0 Å². The van der Waals surface area contributed by atoms with E-state index in [-0.39, 0.29) is 24.8 Å². The molecule has 1 unspecified atom stereocenters. The molecule has 2 aromatic rings. The molecule has 0 nitrogen and oxygen atoms in total. The molecule has 0 N–H and O–H groups in total. The van der Waals surface area contributed by atoms with Crippen LogP contribution in [0.15, 0.2) is 76.2 Å². The molecule has 0 radical (unpaired) electrons. The number of hydrogen-bond donors (Lipinski definition) is 0. The Balaban J connectivity index is 0.000000980. The van der Waals surface area contributed by atoms with Crippen molar-refractivity contribution in [2.24, 2.45) is 0 Å². The number of fused-ring (bicyclic) bond motifs is 4. The van der Waals surface area contributed by atoms with Crippen molar-refractivity contribution in [2.75, 3.05) is 0 Å². The summed E-state index contributed by atoms with van der Waals surface area (Å²) in [6, 6.07) is 15.5. The molecule has 0 aromatic heterocycles. The molecular formula is C20H13Cl3S2Zr. The summed E-state index contributed by atoms with van der Waals surface area (Å²) in [6.07, 6.45) is 7.49. The summed E-state index contributed by atoms with van der Waals surface area (Å²) < 4.78 is 2.81. The van der Waals surface area contributed by atoms with Gasteiger partial charge in [0.2, 0.25) is 0 Å². The molecule has 5 rings (SSSR count). The van der Waals surface area contributed by atoms with Gasteiger partial charge in [0, 0.05) is 0 Å². The predicted octanol–water partition coefficient (Wildman–Crippen LogP) is -0.359. The van der Waals surface area contributed by atoms with Crippen molar-refractivity contribution in [2.45, 2.75) is 9.38 Å². The summed E-state index contributed by atoms with van der Waals surface area (Å²) in [4.78, 5) is 0. The molecule has 1 aliphatic heterocycles. The van der Waals surface area contributed by atoms with Crippen molar-refractivity contribution < 1.29 is 44.5 Å². The average Bonchev–Trinajstić information content (AvgIpc) is 3.28. The van der Waals surface area contributed by atoms with Crippen LogP contribution in [0.4, 0.5) is 0 Å². The molecule has 26 heavy (non-hydrogen) atoms. The van der Waals surface area contributed by atoms with E-state index in [0.29, 0.717) is 2.96 Å². The van der Waals surface area contributed by atoms with Crippen LogP contribution in [-0.4, -0.2) is 2.96 Å². The van der Waals surface area contributed by atoms with E-state index in [2.05, 4.69) is 60.7 Å². The Hall–Kier alpha value is -0.0169. The van der Waals surface area contributed by atoms with Crippen molar-refractivity contribution in [3.05, 3.63) is 87.3 Å². The van der Waals surface area contributed by atoms with Crippen LogP contribution >= 0.6 is 32.2 Å². The maximum atomic E-state index is 6.47. The summed E-state index contributed by atoms with van der Waals surface area (Å²) in [5, 5.41) is 0. The molecule has 1 atom stereocenters. The summed E-state index contributed by atoms with van der Waals surface area (Å²) >= 11 is 5.98. The molecular weight excluding hydrogens is 502 g/mol. The van der Waals surface area contributed by atoms with Crippen LogP contribution < -0.4 is 28.1 Å². The average molecular weight is 515 g/mol.